The van der Waals surface area contributed by atoms with E-state index >= 15 is 0 Å². The lowest BCUT2D eigenvalue weighted by Crippen LogP contribution is -2.08. The van der Waals surface area contributed by atoms with Crippen molar-refractivity contribution in [3.8, 4) is 22.8 Å². The molecule has 40 heavy (non-hydrogen) atoms. The molecule has 0 atom stereocenters. The Morgan fingerprint density at radius 2 is 1.05 bits per heavy atom. The summed E-state index contributed by atoms with van der Waals surface area (Å²) in [7, 11) is 8.23. The Labute approximate surface area is 236 Å². The van der Waals surface area contributed by atoms with Gasteiger partial charge in [-0.1, -0.05) is 54.6 Å². The second-order valence-electron chi connectivity index (χ2n) is 9.92. The minimum atomic E-state index is 0.811. The first-order valence-corrected chi connectivity index (χ1v) is 13.3. The van der Waals surface area contributed by atoms with Crippen LogP contribution in [0.4, 0.5) is 11.4 Å². The number of hydrogen-bond donors (Lipinski definition) is 0. The Balaban J connectivity index is 1.55. The van der Waals surface area contributed by atoms with Crippen molar-refractivity contribution >= 4 is 23.0 Å². The molecule has 0 aliphatic heterocycles. The molecule has 198 valence electrons. The zero-order valence-corrected chi connectivity index (χ0v) is 23.4. The molecule has 0 aliphatic rings. The highest BCUT2D eigenvalue weighted by Crippen LogP contribution is 2.28. The molecule has 2 aromatic carbocycles. The summed E-state index contributed by atoms with van der Waals surface area (Å²) in [6, 6.07) is 33.2. The van der Waals surface area contributed by atoms with Crippen LogP contribution in [0.25, 0.3) is 34.4 Å². The Bertz CT molecular complexity index is 1490. The third-order valence-electron chi connectivity index (χ3n) is 6.64. The molecule has 3 heterocycles. The van der Waals surface area contributed by atoms with Crippen LogP contribution < -0.4 is 9.80 Å². The molecule has 0 aliphatic carbocycles. The summed E-state index contributed by atoms with van der Waals surface area (Å²) in [5, 5.41) is 0. The van der Waals surface area contributed by atoms with Gasteiger partial charge in [0.1, 0.15) is 0 Å². The fourth-order valence-electron chi connectivity index (χ4n) is 4.43. The SMILES string of the molecule is CN(C)c1ccc(C(=C/C=C/c2cc(-c3ccccn3)nc(-c3ccccn3)c2)c2ccc(N(C)C)cc2)cc1. The van der Waals surface area contributed by atoms with Crippen molar-refractivity contribution in [2.75, 3.05) is 38.0 Å². The van der Waals surface area contributed by atoms with Gasteiger partial charge in [-0.25, -0.2) is 4.98 Å². The zero-order valence-electron chi connectivity index (χ0n) is 23.4. The predicted molar refractivity (Wildman–Crippen MR) is 168 cm³/mol. The molecule has 0 amide bonds. The van der Waals surface area contributed by atoms with E-state index in [1.54, 1.807) is 12.4 Å². The lowest BCUT2D eigenvalue weighted by molar-refractivity contribution is 1.13. The number of benzene rings is 2. The van der Waals surface area contributed by atoms with Gasteiger partial charge in [-0.3, -0.25) is 9.97 Å². The van der Waals surface area contributed by atoms with Gasteiger partial charge in [0, 0.05) is 52.0 Å². The molecule has 5 heteroatoms. The van der Waals surface area contributed by atoms with E-state index in [1.165, 1.54) is 11.4 Å². The van der Waals surface area contributed by atoms with Crippen LogP contribution in [0, 0.1) is 0 Å². The van der Waals surface area contributed by atoms with Crippen molar-refractivity contribution in [3.63, 3.8) is 0 Å². The maximum absolute atomic E-state index is 4.87. The summed E-state index contributed by atoms with van der Waals surface area (Å²) in [6.07, 6.45) is 9.98. The largest absolute Gasteiger partial charge is 0.378 e. The van der Waals surface area contributed by atoms with Crippen molar-refractivity contribution in [1.29, 1.82) is 0 Å². The van der Waals surface area contributed by atoms with E-state index in [1.807, 2.05) is 36.4 Å². The lowest BCUT2D eigenvalue weighted by atomic mass is 9.96. The van der Waals surface area contributed by atoms with Gasteiger partial charge in [0.05, 0.1) is 22.8 Å². The maximum Gasteiger partial charge on any atom is 0.0900 e. The minimum Gasteiger partial charge on any atom is -0.378 e. The molecule has 0 fully saturated rings. The number of nitrogens with zero attached hydrogens (tertiary/aromatic N) is 5. The smallest absolute Gasteiger partial charge is 0.0900 e. The second kappa shape index (κ2) is 12.2. The van der Waals surface area contributed by atoms with Gasteiger partial charge < -0.3 is 9.80 Å². The van der Waals surface area contributed by atoms with Crippen LogP contribution in [0.1, 0.15) is 16.7 Å². The first-order valence-electron chi connectivity index (χ1n) is 13.3. The number of aromatic nitrogens is 3. The zero-order chi connectivity index (χ0) is 27.9. The van der Waals surface area contributed by atoms with Crippen LogP contribution in [0.3, 0.4) is 0 Å². The summed E-state index contributed by atoms with van der Waals surface area (Å²) in [5.41, 5.74) is 10.1. The predicted octanol–water partition coefficient (Wildman–Crippen LogP) is 7.48. The Morgan fingerprint density at radius 3 is 1.45 bits per heavy atom. The van der Waals surface area contributed by atoms with E-state index in [0.717, 1.165) is 45.0 Å². The molecule has 5 rings (SSSR count). The van der Waals surface area contributed by atoms with Gasteiger partial charge in [0.2, 0.25) is 0 Å². The van der Waals surface area contributed by atoms with Crippen LogP contribution in [0.15, 0.2) is 122 Å². The number of hydrogen-bond acceptors (Lipinski definition) is 5. The Hall–Kier alpha value is -5.03. The number of allylic oxidation sites excluding steroid dienone is 2. The van der Waals surface area contributed by atoms with Crippen molar-refractivity contribution < 1.29 is 0 Å². The van der Waals surface area contributed by atoms with Crippen molar-refractivity contribution in [2.45, 2.75) is 0 Å². The van der Waals surface area contributed by atoms with Gasteiger partial charge in [0.25, 0.3) is 0 Å². The normalized spacial score (nSPS) is 10.9. The molecule has 0 spiro atoms. The molecule has 0 saturated carbocycles. The molecule has 0 saturated heterocycles. The molecular formula is C35H33N5. The first-order chi connectivity index (χ1) is 19.5. The van der Waals surface area contributed by atoms with E-state index in [4.69, 9.17) is 4.98 Å². The number of anilines is 2. The second-order valence-corrected chi connectivity index (χ2v) is 9.92. The maximum atomic E-state index is 4.87. The van der Waals surface area contributed by atoms with Crippen molar-refractivity contribution in [3.05, 3.63) is 138 Å². The third-order valence-corrected chi connectivity index (χ3v) is 6.64. The van der Waals surface area contributed by atoms with E-state index < -0.39 is 0 Å². The minimum absolute atomic E-state index is 0.811. The Kier molecular flexibility index (Phi) is 8.12. The topological polar surface area (TPSA) is 45.2 Å². The number of rotatable bonds is 8. The standard InChI is InChI=1S/C35H33N5/c1-39(2)29-18-14-27(15-19-29)31(28-16-20-30(21-17-28)40(3)4)11-9-10-26-24-34(32-12-5-7-22-36-32)38-35(25-26)33-13-6-8-23-37-33/h5-25H,1-4H3/b10-9+. The molecule has 5 nitrogen and oxygen atoms in total. The molecule has 3 aromatic heterocycles. The fourth-order valence-corrected chi connectivity index (χ4v) is 4.43. The van der Waals surface area contributed by atoms with Gasteiger partial charge in [-0.15, -0.1) is 0 Å². The summed E-state index contributed by atoms with van der Waals surface area (Å²) in [4.78, 5) is 18.1. The summed E-state index contributed by atoms with van der Waals surface area (Å²) in [5.74, 6) is 0. The average Bonchev–Trinajstić information content (AvgIpc) is 3.00. The van der Waals surface area contributed by atoms with Crippen LogP contribution in [-0.4, -0.2) is 43.1 Å². The highest BCUT2D eigenvalue weighted by molar-refractivity contribution is 5.83. The molecular weight excluding hydrogens is 490 g/mol. The van der Waals surface area contributed by atoms with Gasteiger partial charge >= 0.3 is 0 Å². The average molecular weight is 524 g/mol. The summed E-state index contributed by atoms with van der Waals surface area (Å²) >= 11 is 0. The van der Waals surface area contributed by atoms with Crippen LogP contribution >= 0.6 is 0 Å². The monoisotopic (exact) mass is 523 g/mol. The van der Waals surface area contributed by atoms with E-state index in [2.05, 4.69) is 127 Å². The summed E-state index contributed by atoms with van der Waals surface area (Å²) in [6.45, 7) is 0. The molecule has 0 N–H and O–H groups in total. The highest BCUT2D eigenvalue weighted by atomic mass is 15.1. The van der Waals surface area contributed by atoms with E-state index in [0.29, 0.717) is 0 Å². The van der Waals surface area contributed by atoms with Crippen molar-refractivity contribution in [2.24, 2.45) is 0 Å². The van der Waals surface area contributed by atoms with Gasteiger partial charge in [-0.2, -0.15) is 0 Å². The molecule has 0 bridgehead atoms. The van der Waals surface area contributed by atoms with Gasteiger partial charge in [-0.05, 0) is 82.9 Å². The first kappa shape index (κ1) is 26.6. The van der Waals surface area contributed by atoms with E-state index in [9.17, 15) is 0 Å². The number of pyridine rings is 3. The Morgan fingerprint density at radius 1 is 0.575 bits per heavy atom. The van der Waals surface area contributed by atoms with E-state index in [-0.39, 0.29) is 0 Å². The molecule has 0 unspecified atom stereocenters. The van der Waals surface area contributed by atoms with Crippen molar-refractivity contribution in [1.82, 2.24) is 15.0 Å². The van der Waals surface area contributed by atoms with Crippen LogP contribution in [-0.2, 0) is 0 Å². The van der Waals surface area contributed by atoms with Crippen LogP contribution in [0.5, 0.6) is 0 Å². The molecule has 5 aromatic rings. The fraction of sp³-hybridized carbons (Fsp3) is 0.114. The third kappa shape index (κ3) is 6.33. The molecule has 0 radical (unpaired) electrons. The van der Waals surface area contributed by atoms with Crippen LogP contribution in [0.2, 0.25) is 0 Å². The highest BCUT2D eigenvalue weighted by Gasteiger charge is 2.09. The van der Waals surface area contributed by atoms with Gasteiger partial charge in [0.15, 0.2) is 0 Å². The quantitative estimate of drug-likeness (QED) is 0.197. The lowest BCUT2D eigenvalue weighted by Gasteiger charge is -2.16. The summed E-state index contributed by atoms with van der Waals surface area (Å²) < 4.78 is 0.